The van der Waals surface area contributed by atoms with E-state index >= 15 is 0 Å². The van der Waals surface area contributed by atoms with Crippen LogP contribution in [0.1, 0.15) is 27.2 Å². The average Bonchev–Trinajstić information content (AvgIpc) is 2.66. The number of hydrogen-bond donors (Lipinski definition) is 0. The smallest absolute Gasteiger partial charge is 0.410 e. The molecule has 0 saturated carbocycles. The molecule has 0 aromatic heterocycles. The van der Waals surface area contributed by atoms with E-state index in [0.29, 0.717) is 13.2 Å². The maximum atomic E-state index is 12.0. The van der Waals surface area contributed by atoms with Crippen LogP contribution >= 0.6 is 0 Å². The molecule has 0 unspecified atom stereocenters. The van der Waals surface area contributed by atoms with Gasteiger partial charge in [0, 0.05) is 19.6 Å². The Balaban J connectivity index is 1.97. The van der Waals surface area contributed by atoms with E-state index in [1.807, 2.05) is 20.8 Å². The Hall–Kier alpha value is -0.810. The van der Waals surface area contributed by atoms with Crippen molar-refractivity contribution in [1.82, 2.24) is 9.80 Å². The normalized spacial score (nSPS) is 29.9. The Morgan fingerprint density at radius 2 is 2.06 bits per heavy atom. The van der Waals surface area contributed by atoms with E-state index in [4.69, 9.17) is 9.47 Å². The lowest BCUT2D eigenvalue weighted by molar-refractivity contribution is -0.0512. The van der Waals surface area contributed by atoms with E-state index in [-0.39, 0.29) is 11.6 Å². The molecule has 2 saturated heterocycles. The first-order valence-electron chi connectivity index (χ1n) is 6.59. The lowest BCUT2D eigenvalue weighted by Gasteiger charge is -2.42. The Labute approximate surface area is 109 Å². The first-order chi connectivity index (χ1) is 8.32. The second kappa shape index (κ2) is 4.70. The highest BCUT2D eigenvalue weighted by atomic mass is 16.6. The van der Waals surface area contributed by atoms with Gasteiger partial charge in [-0.15, -0.1) is 0 Å². The van der Waals surface area contributed by atoms with E-state index in [1.54, 1.807) is 4.90 Å². The van der Waals surface area contributed by atoms with Crippen LogP contribution in [0.4, 0.5) is 4.79 Å². The number of nitrogens with zero attached hydrogens (tertiary/aromatic N) is 2. The summed E-state index contributed by atoms with van der Waals surface area (Å²) in [5, 5.41) is 0. The van der Waals surface area contributed by atoms with Crippen molar-refractivity contribution in [3.05, 3.63) is 0 Å². The molecular formula is C13H24N2O3. The topological polar surface area (TPSA) is 42.0 Å². The number of likely N-dealkylation sites (tertiary alicyclic amines) is 1. The summed E-state index contributed by atoms with van der Waals surface area (Å²) in [7, 11) is 2.11. The van der Waals surface area contributed by atoms with Gasteiger partial charge in [0.15, 0.2) is 0 Å². The highest BCUT2D eigenvalue weighted by molar-refractivity contribution is 5.68. The Morgan fingerprint density at radius 1 is 1.33 bits per heavy atom. The maximum absolute atomic E-state index is 12.0. The predicted molar refractivity (Wildman–Crippen MR) is 68.6 cm³/mol. The summed E-state index contributed by atoms with van der Waals surface area (Å²) in [5.41, 5.74) is -0.434. The third-order valence-electron chi connectivity index (χ3n) is 3.74. The second-order valence-corrected chi connectivity index (χ2v) is 6.35. The monoisotopic (exact) mass is 256 g/mol. The van der Waals surface area contributed by atoms with Crippen molar-refractivity contribution < 1.29 is 14.3 Å². The number of carbonyl (C=O) groups is 1. The molecule has 0 bridgehead atoms. The van der Waals surface area contributed by atoms with Gasteiger partial charge in [-0.25, -0.2) is 4.79 Å². The van der Waals surface area contributed by atoms with Crippen molar-refractivity contribution in [2.45, 2.75) is 38.3 Å². The van der Waals surface area contributed by atoms with E-state index in [0.717, 1.165) is 26.1 Å². The minimum Gasteiger partial charge on any atom is -0.444 e. The molecule has 1 atom stereocenters. The minimum atomic E-state index is -0.429. The van der Waals surface area contributed by atoms with Crippen LogP contribution in [0.2, 0.25) is 0 Å². The van der Waals surface area contributed by atoms with Crippen LogP contribution in [0.5, 0.6) is 0 Å². The SMILES string of the molecule is CN1CCOC[C@@]12CCN(C(=O)OC(C)(C)C)C2. The van der Waals surface area contributed by atoms with Gasteiger partial charge in [0.1, 0.15) is 5.60 Å². The molecule has 104 valence electrons. The van der Waals surface area contributed by atoms with E-state index < -0.39 is 5.60 Å². The summed E-state index contributed by atoms with van der Waals surface area (Å²) in [6, 6.07) is 0. The zero-order chi connectivity index (χ0) is 13.4. The molecule has 2 aliphatic heterocycles. The van der Waals surface area contributed by atoms with E-state index in [1.165, 1.54) is 0 Å². The molecule has 0 aromatic carbocycles. The minimum absolute atomic E-state index is 0.00481. The third-order valence-corrected chi connectivity index (χ3v) is 3.74. The van der Waals surface area contributed by atoms with Gasteiger partial charge in [-0.05, 0) is 34.2 Å². The van der Waals surface area contributed by atoms with Gasteiger partial charge >= 0.3 is 6.09 Å². The molecule has 5 nitrogen and oxygen atoms in total. The lowest BCUT2D eigenvalue weighted by atomic mass is 9.96. The number of ether oxygens (including phenoxy) is 2. The molecule has 2 rings (SSSR count). The van der Waals surface area contributed by atoms with Gasteiger partial charge in [-0.1, -0.05) is 0 Å². The summed E-state index contributed by atoms with van der Waals surface area (Å²) in [4.78, 5) is 16.2. The lowest BCUT2D eigenvalue weighted by Crippen LogP contribution is -2.56. The molecule has 2 aliphatic rings. The van der Waals surface area contributed by atoms with Crippen LogP contribution in [0.25, 0.3) is 0 Å². The second-order valence-electron chi connectivity index (χ2n) is 6.35. The Morgan fingerprint density at radius 3 is 2.67 bits per heavy atom. The predicted octanol–water partition coefficient (Wildman–Crippen LogP) is 1.33. The number of likely N-dealkylation sites (N-methyl/N-ethyl adjacent to an activating group) is 1. The summed E-state index contributed by atoms with van der Waals surface area (Å²) in [5.74, 6) is 0. The number of morpholine rings is 1. The standard InChI is InChI=1S/C13H24N2O3/c1-12(2,3)18-11(16)15-6-5-13(9-15)10-17-8-7-14(13)4/h5-10H2,1-4H3/t13-/m0/s1. The number of hydrogen-bond acceptors (Lipinski definition) is 4. The molecule has 2 heterocycles. The fourth-order valence-corrected chi connectivity index (χ4v) is 2.58. The van der Waals surface area contributed by atoms with Crippen LogP contribution in [0.15, 0.2) is 0 Å². The van der Waals surface area contributed by atoms with Gasteiger partial charge in [0.2, 0.25) is 0 Å². The highest BCUT2D eigenvalue weighted by Gasteiger charge is 2.45. The summed E-state index contributed by atoms with van der Waals surface area (Å²) in [6.45, 7) is 9.57. The fourth-order valence-electron chi connectivity index (χ4n) is 2.58. The largest absolute Gasteiger partial charge is 0.444 e. The van der Waals surface area contributed by atoms with Gasteiger partial charge in [0.25, 0.3) is 0 Å². The van der Waals surface area contributed by atoms with E-state index in [9.17, 15) is 4.79 Å². The van der Waals surface area contributed by atoms with Crippen molar-refractivity contribution in [3.8, 4) is 0 Å². The van der Waals surface area contributed by atoms with Crippen molar-refractivity contribution in [2.24, 2.45) is 0 Å². The molecule has 0 radical (unpaired) electrons. The molecule has 0 N–H and O–H groups in total. The van der Waals surface area contributed by atoms with Crippen molar-refractivity contribution in [1.29, 1.82) is 0 Å². The quantitative estimate of drug-likeness (QED) is 0.655. The van der Waals surface area contributed by atoms with Crippen LogP contribution in [-0.2, 0) is 9.47 Å². The van der Waals surface area contributed by atoms with Crippen LogP contribution in [0, 0.1) is 0 Å². The third kappa shape index (κ3) is 2.78. The summed E-state index contributed by atoms with van der Waals surface area (Å²) >= 11 is 0. The van der Waals surface area contributed by atoms with Gasteiger partial charge in [-0.3, -0.25) is 4.90 Å². The van der Waals surface area contributed by atoms with E-state index in [2.05, 4.69) is 11.9 Å². The van der Waals surface area contributed by atoms with Gasteiger partial charge < -0.3 is 14.4 Å². The molecule has 5 heteroatoms. The van der Waals surface area contributed by atoms with Crippen molar-refractivity contribution in [3.63, 3.8) is 0 Å². The zero-order valence-electron chi connectivity index (χ0n) is 11.9. The molecule has 1 amide bonds. The Bertz CT molecular complexity index is 327. The van der Waals surface area contributed by atoms with Gasteiger partial charge in [-0.2, -0.15) is 0 Å². The molecule has 0 aromatic rings. The molecule has 1 spiro atoms. The summed E-state index contributed by atoms with van der Waals surface area (Å²) in [6.07, 6.45) is 0.751. The summed E-state index contributed by atoms with van der Waals surface area (Å²) < 4.78 is 11.0. The fraction of sp³-hybridized carbons (Fsp3) is 0.923. The highest BCUT2D eigenvalue weighted by Crippen LogP contribution is 2.30. The molecule has 0 aliphatic carbocycles. The number of carbonyl (C=O) groups excluding carboxylic acids is 1. The number of amides is 1. The maximum Gasteiger partial charge on any atom is 0.410 e. The van der Waals surface area contributed by atoms with Gasteiger partial charge in [0.05, 0.1) is 18.8 Å². The van der Waals surface area contributed by atoms with Crippen LogP contribution in [-0.4, -0.2) is 66.9 Å². The molecular weight excluding hydrogens is 232 g/mol. The van der Waals surface area contributed by atoms with Crippen LogP contribution in [0.3, 0.4) is 0 Å². The first-order valence-corrected chi connectivity index (χ1v) is 6.59. The van der Waals surface area contributed by atoms with Crippen molar-refractivity contribution in [2.75, 3.05) is 39.9 Å². The molecule has 18 heavy (non-hydrogen) atoms. The number of rotatable bonds is 0. The zero-order valence-corrected chi connectivity index (χ0v) is 11.9. The van der Waals surface area contributed by atoms with Crippen molar-refractivity contribution >= 4 is 6.09 Å². The van der Waals surface area contributed by atoms with Crippen LogP contribution < -0.4 is 0 Å². The Kier molecular flexibility index (Phi) is 3.56. The average molecular weight is 256 g/mol. The first kappa shape index (κ1) is 13.6. The molecule has 2 fully saturated rings.